The molecule has 0 radical (unpaired) electrons. The minimum atomic E-state index is -5.10. The molecule has 59 heavy (non-hydrogen) atoms. The van der Waals surface area contributed by atoms with Crippen LogP contribution in [0, 0.1) is 0 Å². The number of aliphatic hydroxyl groups is 7. The third-order valence-corrected chi connectivity index (χ3v) is 13.0. The summed E-state index contributed by atoms with van der Waals surface area (Å²) in [7, 11) is -5.10. The fraction of sp³-hybridized carbons (Fsp3) is 0.978. The smallest absolute Gasteiger partial charge is 0.393 e. The molecule has 1 rings (SSSR count). The van der Waals surface area contributed by atoms with Gasteiger partial charge in [0.15, 0.2) is 0 Å². The lowest BCUT2D eigenvalue weighted by molar-refractivity contribution is -0.220. The van der Waals surface area contributed by atoms with Crippen molar-refractivity contribution in [2.24, 2.45) is 0 Å². The first-order valence-electron chi connectivity index (χ1n) is 24.1. The van der Waals surface area contributed by atoms with Gasteiger partial charge in [0.25, 0.3) is 0 Å². The Bertz CT molecular complexity index is 1030. The summed E-state index contributed by atoms with van der Waals surface area (Å²) in [6, 6.07) is -1.15. The molecule has 14 heteroatoms. The highest BCUT2D eigenvalue weighted by molar-refractivity contribution is 7.47. The Labute approximate surface area is 358 Å². The summed E-state index contributed by atoms with van der Waals surface area (Å²) in [5.74, 6) is -0.559. The first-order chi connectivity index (χ1) is 28.3. The van der Waals surface area contributed by atoms with Gasteiger partial charge in [0.1, 0.15) is 36.6 Å². The molecular formula is C45H90NO12P. The standard InChI is InChI=1S/C45H90NO12P/c1-3-5-7-9-11-13-14-15-16-17-18-19-20-21-22-23-24-25-26-28-30-32-36(47)34-39(49)46-37(38(48)33-31-29-27-12-10-8-6-4-2)35-57-59(55,56)58-45-43(53)41(51)40(50)42(52)44(45)54/h36-38,40-45,47-48,50-54H,3-35H2,1-2H3,(H,46,49)(H,55,56). The largest absolute Gasteiger partial charge is 0.472 e. The number of phosphoric acid groups is 1. The number of carbonyl (C=O) groups is 1. The summed E-state index contributed by atoms with van der Waals surface area (Å²) >= 11 is 0. The molecule has 8 unspecified atom stereocenters. The lowest BCUT2D eigenvalue weighted by Gasteiger charge is -2.41. The van der Waals surface area contributed by atoms with Crippen molar-refractivity contribution < 1.29 is 59.0 Å². The van der Waals surface area contributed by atoms with Crippen molar-refractivity contribution in [2.75, 3.05) is 6.61 Å². The number of aliphatic hydroxyl groups excluding tert-OH is 7. The normalized spacial score (nSPS) is 23.5. The third-order valence-electron chi connectivity index (χ3n) is 12.0. The summed E-state index contributed by atoms with van der Waals surface area (Å²) in [4.78, 5) is 23.4. The molecule has 0 aromatic carbocycles. The van der Waals surface area contributed by atoms with Crippen LogP contribution in [0.2, 0.25) is 0 Å². The molecule has 1 aliphatic rings. The molecule has 1 saturated carbocycles. The fourth-order valence-corrected chi connectivity index (χ4v) is 8.98. The highest BCUT2D eigenvalue weighted by atomic mass is 31.2. The van der Waals surface area contributed by atoms with Gasteiger partial charge in [-0.3, -0.25) is 13.8 Å². The molecule has 0 spiro atoms. The van der Waals surface area contributed by atoms with E-state index < -0.39 is 75.2 Å². The predicted molar refractivity (Wildman–Crippen MR) is 234 cm³/mol. The Kier molecular flexibility index (Phi) is 34.1. The maximum absolute atomic E-state index is 13.0. The summed E-state index contributed by atoms with van der Waals surface area (Å²) in [6.07, 6.45) is 21.9. The van der Waals surface area contributed by atoms with Crippen LogP contribution in [-0.4, -0.2) is 108 Å². The van der Waals surface area contributed by atoms with Gasteiger partial charge in [0, 0.05) is 0 Å². The van der Waals surface area contributed by atoms with Crippen molar-refractivity contribution in [3.8, 4) is 0 Å². The molecule has 9 N–H and O–H groups in total. The Morgan fingerprint density at radius 2 is 0.847 bits per heavy atom. The van der Waals surface area contributed by atoms with E-state index in [0.29, 0.717) is 12.8 Å². The van der Waals surface area contributed by atoms with Gasteiger partial charge < -0.3 is 46.0 Å². The molecule has 13 nitrogen and oxygen atoms in total. The van der Waals surface area contributed by atoms with E-state index in [1.807, 2.05) is 0 Å². The molecule has 0 heterocycles. The van der Waals surface area contributed by atoms with E-state index in [-0.39, 0.29) is 12.8 Å². The van der Waals surface area contributed by atoms with Crippen molar-refractivity contribution in [3.63, 3.8) is 0 Å². The first-order valence-corrected chi connectivity index (χ1v) is 25.6. The lowest BCUT2D eigenvalue weighted by Crippen LogP contribution is -2.64. The lowest BCUT2D eigenvalue weighted by atomic mass is 9.85. The van der Waals surface area contributed by atoms with Gasteiger partial charge in [-0.15, -0.1) is 0 Å². The molecule has 0 aliphatic heterocycles. The van der Waals surface area contributed by atoms with Crippen molar-refractivity contribution in [1.82, 2.24) is 5.32 Å². The number of carbonyl (C=O) groups excluding carboxylic acids is 1. The van der Waals surface area contributed by atoms with E-state index in [4.69, 9.17) is 9.05 Å². The van der Waals surface area contributed by atoms with Crippen LogP contribution >= 0.6 is 7.82 Å². The molecule has 0 saturated heterocycles. The van der Waals surface area contributed by atoms with Gasteiger partial charge in [-0.2, -0.15) is 0 Å². The number of amides is 1. The summed E-state index contributed by atoms with van der Waals surface area (Å²) in [5, 5.41) is 74.4. The minimum absolute atomic E-state index is 0.216. The van der Waals surface area contributed by atoms with E-state index in [9.17, 15) is 50.0 Å². The van der Waals surface area contributed by atoms with E-state index in [0.717, 1.165) is 51.4 Å². The summed E-state index contributed by atoms with van der Waals surface area (Å²) in [6.45, 7) is 3.75. The number of hydrogen-bond acceptors (Lipinski definition) is 11. The number of rotatable bonds is 40. The van der Waals surface area contributed by atoms with Gasteiger partial charge in [-0.05, 0) is 12.8 Å². The van der Waals surface area contributed by atoms with Crippen LogP contribution in [0.25, 0.3) is 0 Å². The van der Waals surface area contributed by atoms with Crippen LogP contribution in [-0.2, 0) is 18.4 Å². The van der Waals surface area contributed by atoms with Gasteiger partial charge in [0.05, 0.1) is 31.3 Å². The maximum atomic E-state index is 13.0. The average Bonchev–Trinajstić information content (AvgIpc) is 3.21. The number of unbranched alkanes of at least 4 members (excludes halogenated alkanes) is 27. The summed E-state index contributed by atoms with van der Waals surface area (Å²) < 4.78 is 22.8. The van der Waals surface area contributed by atoms with Crippen molar-refractivity contribution in [2.45, 2.75) is 274 Å². The zero-order chi connectivity index (χ0) is 43.7. The SMILES string of the molecule is CCCCCCCCCCCCCCCCCCCCCCCC(O)CC(=O)NC(COP(=O)(O)OC1C(O)C(O)C(O)C(O)C1O)C(O)CCCCCCCCCC. The monoisotopic (exact) mass is 868 g/mol. The molecule has 352 valence electrons. The summed E-state index contributed by atoms with van der Waals surface area (Å²) in [5.41, 5.74) is 0. The molecule has 8 atom stereocenters. The third kappa shape index (κ3) is 27.9. The van der Waals surface area contributed by atoms with Crippen LogP contribution in [0.5, 0.6) is 0 Å². The second-order valence-electron chi connectivity index (χ2n) is 17.5. The molecule has 1 fully saturated rings. The first kappa shape index (κ1) is 56.3. The number of hydrogen-bond donors (Lipinski definition) is 9. The number of phosphoric ester groups is 1. The van der Waals surface area contributed by atoms with Crippen LogP contribution in [0.1, 0.15) is 219 Å². The molecular weight excluding hydrogens is 777 g/mol. The van der Waals surface area contributed by atoms with Crippen LogP contribution < -0.4 is 5.32 Å². The second kappa shape index (κ2) is 35.7. The Balaban J connectivity index is 2.36. The van der Waals surface area contributed by atoms with E-state index in [1.54, 1.807) is 0 Å². The van der Waals surface area contributed by atoms with Crippen LogP contribution in [0.4, 0.5) is 0 Å². The van der Waals surface area contributed by atoms with Crippen molar-refractivity contribution in [3.05, 3.63) is 0 Å². The Morgan fingerprint density at radius 3 is 1.22 bits per heavy atom. The second-order valence-corrected chi connectivity index (χ2v) is 18.9. The minimum Gasteiger partial charge on any atom is -0.393 e. The zero-order valence-electron chi connectivity index (χ0n) is 37.2. The van der Waals surface area contributed by atoms with Gasteiger partial charge in [-0.1, -0.05) is 200 Å². The predicted octanol–water partition coefficient (Wildman–Crippen LogP) is 8.04. The van der Waals surface area contributed by atoms with Gasteiger partial charge in [-0.25, -0.2) is 4.57 Å². The highest BCUT2D eigenvalue weighted by Gasteiger charge is 2.51. The molecule has 0 bridgehead atoms. The maximum Gasteiger partial charge on any atom is 0.472 e. The molecule has 0 aromatic rings. The van der Waals surface area contributed by atoms with Crippen LogP contribution in [0.15, 0.2) is 0 Å². The number of nitrogens with one attached hydrogen (secondary N) is 1. The molecule has 1 amide bonds. The van der Waals surface area contributed by atoms with Crippen molar-refractivity contribution >= 4 is 13.7 Å². The quantitative estimate of drug-likeness (QED) is 0.0211. The molecule has 0 aromatic heterocycles. The van der Waals surface area contributed by atoms with Crippen LogP contribution in [0.3, 0.4) is 0 Å². The highest BCUT2D eigenvalue weighted by Crippen LogP contribution is 2.47. The average molecular weight is 868 g/mol. The van der Waals surface area contributed by atoms with E-state index >= 15 is 0 Å². The fourth-order valence-electron chi connectivity index (χ4n) is 8.01. The van der Waals surface area contributed by atoms with Gasteiger partial charge in [0.2, 0.25) is 5.91 Å². The van der Waals surface area contributed by atoms with E-state index in [1.165, 1.54) is 128 Å². The Hall–Kier alpha value is -0.700. The zero-order valence-corrected chi connectivity index (χ0v) is 38.1. The topological polar surface area (TPSA) is 226 Å². The Morgan fingerprint density at radius 1 is 0.525 bits per heavy atom. The van der Waals surface area contributed by atoms with Gasteiger partial charge >= 0.3 is 7.82 Å². The van der Waals surface area contributed by atoms with Crippen molar-refractivity contribution in [1.29, 1.82) is 0 Å². The molecule has 1 aliphatic carbocycles. The van der Waals surface area contributed by atoms with E-state index in [2.05, 4.69) is 19.2 Å².